The first-order valence-electron chi connectivity index (χ1n) is 7.69. The standard InChI is InChI=1S/C18H17ClN2O3S/c1-3-12-13-6-4-5-7-15(13)21(2)17(12)18(22)11-8-9-14(19)16(10-11)25(20,23)24/h4-10H,3H2,1-2H3,(H2,20,23,24). The normalized spacial score (nSPS) is 11.8. The number of hydrogen-bond donors (Lipinski definition) is 1. The van der Waals surface area contributed by atoms with Gasteiger partial charge < -0.3 is 4.57 Å². The van der Waals surface area contributed by atoms with E-state index in [4.69, 9.17) is 16.7 Å². The summed E-state index contributed by atoms with van der Waals surface area (Å²) in [5, 5.41) is 6.19. The molecular weight excluding hydrogens is 360 g/mol. The second-order valence-electron chi connectivity index (χ2n) is 5.78. The Balaban J connectivity index is 2.24. The summed E-state index contributed by atoms with van der Waals surface area (Å²) < 4.78 is 25.2. The van der Waals surface area contributed by atoms with E-state index in [1.807, 2.05) is 42.8 Å². The van der Waals surface area contributed by atoms with Gasteiger partial charge in [0.05, 0.1) is 10.7 Å². The van der Waals surface area contributed by atoms with Gasteiger partial charge in [0.2, 0.25) is 15.8 Å². The van der Waals surface area contributed by atoms with E-state index >= 15 is 0 Å². The van der Waals surface area contributed by atoms with Crippen LogP contribution in [0.2, 0.25) is 5.02 Å². The van der Waals surface area contributed by atoms with Crippen LogP contribution in [0.5, 0.6) is 0 Å². The first-order valence-corrected chi connectivity index (χ1v) is 9.61. The van der Waals surface area contributed by atoms with Gasteiger partial charge in [-0.1, -0.05) is 36.7 Å². The number of carbonyl (C=O) groups is 1. The lowest BCUT2D eigenvalue weighted by Gasteiger charge is -2.08. The average Bonchev–Trinajstić information content (AvgIpc) is 2.86. The molecule has 0 spiro atoms. The van der Waals surface area contributed by atoms with E-state index in [1.54, 1.807) is 0 Å². The third-order valence-corrected chi connectivity index (χ3v) is 5.67. The Kier molecular flexibility index (Phi) is 4.45. The van der Waals surface area contributed by atoms with Crippen LogP contribution in [0, 0.1) is 0 Å². The fraction of sp³-hybridized carbons (Fsp3) is 0.167. The monoisotopic (exact) mass is 376 g/mol. The van der Waals surface area contributed by atoms with Gasteiger partial charge in [-0.25, -0.2) is 13.6 Å². The maximum atomic E-state index is 13.1. The molecule has 0 bridgehead atoms. The predicted octanol–water partition coefficient (Wildman–Crippen LogP) is 3.27. The minimum Gasteiger partial charge on any atom is -0.341 e. The SMILES string of the molecule is CCc1c(C(=O)c2ccc(Cl)c(S(N)(=O)=O)c2)n(C)c2ccccc12. The molecule has 2 aromatic carbocycles. The van der Waals surface area contributed by atoms with Gasteiger partial charge in [-0.3, -0.25) is 4.79 Å². The van der Waals surface area contributed by atoms with Gasteiger partial charge >= 0.3 is 0 Å². The Bertz CT molecular complexity index is 1100. The van der Waals surface area contributed by atoms with Crippen LogP contribution in [0.4, 0.5) is 0 Å². The molecule has 0 atom stereocenters. The van der Waals surface area contributed by atoms with Gasteiger partial charge in [0, 0.05) is 23.5 Å². The number of nitrogens with zero attached hydrogens (tertiary/aromatic N) is 1. The second-order valence-corrected chi connectivity index (χ2v) is 7.71. The number of carbonyl (C=O) groups excluding carboxylic acids is 1. The van der Waals surface area contributed by atoms with Crippen LogP contribution in [-0.2, 0) is 23.5 Å². The molecule has 0 amide bonds. The van der Waals surface area contributed by atoms with Crippen molar-refractivity contribution < 1.29 is 13.2 Å². The summed E-state index contributed by atoms with van der Waals surface area (Å²) >= 11 is 5.91. The van der Waals surface area contributed by atoms with E-state index < -0.39 is 10.0 Å². The van der Waals surface area contributed by atoms with Crippen LogP contribution in [0.15, 0.2) is 47.4 Å². The summed E-state index contributed by atoms with van der Waals surface area (Å²) in [4.78, 5) is 12.9. The highest BCUT2D eigenvalue weighted by Gasteiger charge is 2.23. The summed E-state index contributed by atoms with van der Waals surface area (Å²) in [6, 6.07) is 11.9. The van der Waals surface area contributed by atoms with Crippen molar-refractivity contribution in [3.05, 3.63) is 64.3 Å². The van der Waals surface area contributed by atoms with E-state index in [-0.39, 0.29) is 21.3 Å². The van der Waals surface area contributed by atoms with Crippen LogP contribution in [0.25, 0.3) is 10.9 Å². The minimum absolute atomic E-state index is 0.00759. The number of aryl methyl sites for hydroxylation is 2. The molecule has 0 saturated carbocycles. The number of rotatable bonds is 4. The zero-order chi connectivity index (χ0) is 18.4. The smallest absolute Gasteiger partial charge is 0.239 e. The molecule has 1 heterocycles. The molecule has 5 nitrogen and oxygen atoms in total. The Morgan fingerprint density at radius 1 is 1.20 bits per heavy atom. The minimum atomic E-state index is -4.01. The molecular formula is C18H17ClN2O3S. The number of aromatic nitrogens is 1. The molecule has 0 saturated heterocycles. The molecule has 3 aromatic rings. The number of benzene rings is 2. The van der Waals surface area contributed by atoms with Gasteiger partial charge in [-0.05, 0) is 36.2 Å². The maximum absolute atomic E-state index is 13.1. The third kappa shape index (κ3) is 2.97. The van der Waals surface area contributed by atoms with E-state index in [9.17, 15) is 13.2 Å². The molecule has 0 aliphatic rings. The van der Waals surface area contributed by atoms with E-state index in [2.05, 4.69) is 0 Å². The molecule has 7 heteroatoms. The summed E-state index contributed by atoms with van der Waals surface area (Å²) in [7, 11) is -2.19. The number of para-hydroxylation sites is 1. The van der Waals surface area contributed by atoms with Crippen molar-refractivity contribution in [1.82, 2.24) is 4.57 Å². The van der Waals surface area contributed by atoms with Crippen molar-refractivity contribution in [2.24, 2.45) is 12.2 Å². The van der Waals surface area contributed by atoms with Gasteiger partial charge in [-0.2, -0.15) is 0 Å². The summed E-state index contributed by atoms with van der Waals surface area (Å²) in [5.41, 5.74) is 2.64. The maximum Gasteiger partial charge on any atom is 0.239 e. The Hall–Kier alpha value is -2.15. The number of primary sulfonamides is 1. The highest BCUT2D eigenvalue weighted by atomic mass is 35.5. The van der Waals surface area contributed by atoms with Gasteiger partial charge in [0.25, 0.3) is 0 Å². The Morgan fingerprint density at radius 2 is 1.88 bits per heavy atom. The average molecular weight is 377 g/mol. The van der Waals surface area contributed by atoms with Crippen LogP contribution in [-0.4, -0.2) is 18.8 Å². The molecule has 25 heavy (non-hydrogen) atoms. The van der Waals surface area contributed by atoms with Crippen molar-refractivity contribution in [3.63, 3.8) is 0 Å². The highest BCUT2D eigenvalue weighted by molar-refractivity contribution is 7.89. The molecule has 2 N–H and O–H groups in total. The van der Waals surface area contributed by atoms with Gasteiger partial charge in [-0.15, -0.1) is 0 Å². The van der Waals surface area contributed by atoms with Gasteiger partial charge in [0.15, 0.2) is 0 Å². The second kappa shape index (κ2) is 6.29. The molecule has 3 rings (SSSR count). The number of halogens is 1. The van der Waals surface area contributed by atoms with Crippen molar-refractivity contribution in [2.45, 2.75) is 18.2 Å². The highest BCUT2D eigenvalue weighted by Crippen LogP contribution is 2.29. The Labute approximate surface area is 151 Å². The first-order chi connectivity index (χ1) is 11.8. The van der Waals surface area contributed by atoms with Crippen LogP contribution >= 0.6 is 11.6 Å². The topological polar surface area (TPSA) is 82.2 Å². The van der Waals surface area contributed by atoms with Crippen molar-refractivity contribution in [2.75, 3.05) is 0 Å². The lowest BCUT2D eigenvalue weighted by Crippen LogP contribution is -2.15. The fourth-order valence-electron chi connectivity index (χ4n) is 3.12. The molecule has 0 fully saturated rings. The quantitative estimate of drug-likeness (QED) is 0.709. The number of fused-ring (bicyclic) bond motifs is 1. The summed E-state index contributed by atoms with van der Waals surface area (Å²) in [6.07, 6.45) is 0.679. The predicted molar refractivity (Wildman–Crippen MR) is 98.6 cm³/mol. The first kappa shape index (κ1) is 17.7. The molecule has 130 valence electrons. The third-order valence-electron chi connectivity index (χ3n) is 4.28. The number of sulfonamides is 1. The summed E-state index contributed by atoms with van der Waals surface area (Å²) in [6.45, 7) is 1.98. The van der Waals surface area contributed by atoms with Gasteiger partial charge in [0.1, 0.15) is 4.90 Å². The molecule has 0 unspecified atom stereocenters. The van der Waals surface area contributed by atoms with E-state index in [0.29, 0.717) is 12.1 Å². The Morgan fingerprint density at radius 3 is 2.52 bits per heavy atom. The van der Waals surface area contributed by atoms with Crippen molar-refractivity contribution in [1.29, 1.82) is 0 Å². The lowest BCUT2D eigenvalue weighted by atomic mass is 10.0. The molecule has 0 aliphatic heterocycles. The van der Waals surface area contributed by atoms with Crippen LogP contribution in [0.1, 0.15) is 28.5 Å². The molecule has 0 radical (unpaired) electrons. The molecule has 1 aromatic heterocycles. The van der Waals surface area contributed by atoms with E-state index in [1.165, 1.54) is 18.2 Å². The number of ketones is 1. The largest absolute Gasteiger partial charge is 0.341 e. The lowest BCUT2D eigenvalue weighted by molar-refractivity contribution is 0.103. The number of nitrogens with two attached hydrogens (primary N) is 1. The summed E-state index contributed by atoms with van der Waals surface area (Å²) in [5.74, 6) is -0.267. The van der Waals surface area contributed by atoms with Crippen LogP contribution < -0.4 is 5.14 Å². The number of hydrogen-bond acceptors (Lipinski definition) is 3. The fourth-order valence-corrected chi connectivity index (χ4v) is 4.19. The van der Waals surface area contributed by atoms with Crippen molar-refractivity contribution >= 4 is 38.3 Å². The zero-order valence-electron chi connectivity index (χ0n) is 13.8. The van der Waals surface area contributed by atoms with Crippen molar-refractivity contribution in [3.8, 4) is 0 Å². The van der Waals surface area contributed by atoms with E-state index in [0.717, 1.165) is 16.5 Å². The molecule has 0 aliphatic carbocycles. The zero-order valence-corrected chi connectivity index (χ0v) is 15.4. The van der Waals surface area contributed by atoms with Crippen LogP contribution in [0.3, 0.4) is 0 Å².